The van der Waals surface area contributed by atoms with E-state index in [2.05, 4.69) is 0 Å². The number of aliphatic hydroxyl groups is 1. The van der Waals surface area contributed by atoms with Crippen molar-refractivity contribution in [3.63, 3.8) is 0 Å². The molecule has 3 aromatic rings. The highest BCUT2D eigenvalue weighted by Crippen LogP contribution is 2.43. The van der Waals surface area contributed by atoms with E-state index in [-0.39, 0.29) is 16.9 Å². The van der Waals surface area contributed by atoms with Crippen LogP contribution in [0.25, 0.3) is 5.76 Å². The van der Waals surface area contributed by atoms with Crippen LogP contribution in [0.3, 0.4) is 0 Å². The Labute approximate surface area is 191 Å². The maximum Gasteiger partial charge on any atom is 0.300 e. The maximum absolute atomic E-state index is 14.9. The zero-order valence-electron chi connectivity index (χ0n) is 18.6. The second kappa shape index (κ2) is 8.90. The van der Waals surface area contributed by atoms with Crippen molar-refractivity contribution in [1.82, 2.24) is 0 Å². The van der Waals surface area contributed by atoms with Crippen LogP contribution in [0.2, 0.25) is 0 Å². The Kier molecular flexibility index (Phi) is 6.01. The first-order chi connectivity index (χ1) is 15.8. The molecule has 1 heterocycles. The Morgan fingerprint density at radius 2 is 1.70 bits per heavy atom. The van der Waals surface area contributed by atoms with Gasteiger partial charge in [0, 0.05) is 16.8 Å². The minimum Gasteiger partial charge on any atom is -0.507 e. The van der Waals surface area contributed by atoms with Gasteiger partial charge in [0.1, 0.15) is 17.3 Å². The normalized spacial score (nSPS) is 17.5. The van der Waals surface area contributed by atoms with Gasteiger partial charge in [-0.3, -0.25) is 14.5 Å². The SMILES string of the molecule is CCOc1ccc(/C(O)=C2\C(=O)C(=O)N(c3ccc(C)c(C)c3)C2c2ccccc2F)cc1. The largest absolute Gasteiger partial charge is 0.507 e. The first-order valence-electron chi connectivity index (χ1n) is 10.7. The van der Waals surface area contributed by atoms with Crippen LogP contribution in [0.5, 0.6) is 5.75 Å². The van der Waals surface area contributed by atoms with Gasteiger partial charge in [-0.15, -0.1) is 0 Å². The number of hydrogen-bond donors (Lipinski definition) is 1. The third-order valence-electron chi connectivity index (χ3n) is 5.85. The Morgan fingerprint density at radius 3 is 2.33 bits per heavy atom. The van der Waals surface area contributed by atoms with Crippen LogP contribution < -0.4 is 9.64 Å². The van der Waals surface area contributed by atoms with Gasteiger partial charge < -0.3 is 9.84 Å². The molecule has 1 N–H and O–H groups in total. The van der Waals surface area contributed by atoms with E-state index in [1.807, 2.05) is 26.8 Å². The predicted molar refractivity (Wildman–Crippen MR) is 125 cm³/mol. The molecule has 3 aromatic carbocycles. The molecule has 1 fully saturated rings. The summed E-state index contributed by atoms with van der Waals surface area (Å²) in [5.74, 6) is -2.02. The van der Waals surface area contributed by atoms with E-state index in [4.69, 9.17) is 4.74 Å². The second-order valence-corrected chi connectivity index (χ2v) is 7.92. The Morgan fingerprint density at radius 1 is 1.00 bits per heavy atom. The molecule has 1 saturated heterocycles. The monoisotopic (exact) mass is 445 g/mol. The van der Waals surface area contributed by atoms with E-state index in [0.29, 0.717) is 23.6 Å². The summed E-state index contributed by atoms with van der Waals surface area (Å²) in [5, 5.41) is 11.1. The van der Waals surface area contributed by atoms with Crippen LogP contribution in [0.4, 0.5) is 10.1 Å². The van der Waals surface area contributed by atoms with E-state index in [0.717, 1.165) is 11.1 Å². The highest BCUT2D eigenvalue weighted by atomic mass is 19.1. The molecular formula is C27H24FNO4. The average molecular weight is 445 g/mol. The lowest BCUT2D eigenvalue weighted by molar-refractivity contribution is -0.132. The topological polar surface area (TPSA) is 66.8 Å². The summed E-state index contributed by atoms with van der Waals surface area (Å²) in [5.41, 5.74) is 2.70. The van der Waals surface area contributed by atoms with E-state index in [1.165, 1.54) is 23.1 Å². The Balaban J connectivity index is 1.92. The van der Waals surface area contributed by atoms with Gasteiger partial charge in [0.15, 0.2) is 0 Å². The smallest absolute Gasteiger partial charge is 0.300 e. The van der Waals surface area contributed by atoms with Gasteiger partial charge in [0.2, 0.25) is 0 Å². The molecule has 0 saturated carbocycles. The minimum atomic E-state index is -1.11. The Bertz CT molecular complexity index is 1260. The molecule has 0 aromatic heterocycles. The van der Waals surface area contributed by atoms with Gasteiger partial charge >= 0.3 is 0 Å². The van der Waals surface area contributed by atoms with Crippen molar-refractivity contribution in [2.45, 2.75) is 26.8 Å². The van der Waals surface area contributed by atoms with Crippen molar-refractivity contribution in [3.05, 3.63) is 100 Å². The van der Waals surface area contributed by atoms with Crippen LogP contribution in [-0.4, -0.2) is 23.4 Å². The van der Waals surface area contributed by atoms with Gasteiger partial charge in [0.25, 0.3) is 11.7 Å². The first kappa shape index (κ1) is 22.3. The third kappa shape index (κ3) is 4.00. The van der Waals surface area contributed by atoms with Gasteiger partial charge in [-0.1, -0.05) is 24.3 Å². The van der Waals surface area contributed by atoms with E-state index < -0.39 is 23.5 Å². The fourth-order valence-corrected chi connectivity index (χ4v) is 4.00. The molecule has 4 rings (SSSR count). The van der Waals surface area contributed by atoms with E-state index in [1.54, 1.807) is 42.5 Å². The van der Waals surface area contributed by atoms with Crippen molar-refractivity contribution < 1.29 is 23.8 Å². The molecule has 0 radical (unpaired) electrons. The number of amides is 1. The number of carbonyl (C=O) groups is 2. The molecule has 0 aliphatic carbocycles. The van der Waals surface area contributed by atoms with E-state index in [9.17, 15) is 19.1 Å². The third-order valence-corrected chi connectivity index (χ3v) is 5.85. The summed E-state index contributed by atoms with van der Waals surface area (Å²) in [6.45, 7) is 6.18. The van der Waals surface area contributed by atoms with Crippen LogP contribution in [-0.2, 0) is 9.59 Å². The second-order valence-electron chi connectivity index (χ2n) is 7.92. The number of aliphatic hydroxyl groups excluding tert-OH is 1. The number of hydrogen-bond acceptors (Lipinski definition) is 4. The van der Waals surface area contributed by atoms with E-state index >= 15 is 0 Å². The summed E-state index contributed by atoms with van der Waals surface area (Å²) >= 11 is 0. The maximum atomic E-state index is 14.9. The van der Waals surface area contributed by atoms with Crippen molar-refractivity contribution >= 4 is 23.1 Å². The zero-order valence-corrected chi connectivity index (χ0v) is 18.6. The van der Waals surface area contributed by atoms with Crippen LogP contribution in [0, 0.1) is 19.7 Å². The lowest BCUT2D eigenvalue weighted by Crippen LogP contribution is -2.30. The molecule has 6 heteroatoms. The molecular weight excluding hydrogens is 421 g/mol. The highest BCUT2D eigenvalue weighted by Gasteiger charge is 2.47. The number of anilines is 1. The number of benzene rings is 3. The summed E-state index contributed by atoms with van der Waals surface area (Å²) < 4.78 is 20.4. The zero-order chi connectivity index (χ0) is 23.7. The number of halogens is 1. The number of ketones is 1. The summed E-state index contributed by atoms with van der Waals surface area (Å²) in [4.78, 5) is 27.6. The number of nitrogens with zero attached hydrogens (tertiary/aromatic N) is 1. The van der Waals surface area contributed by atoms with Crippen molar-refractivity contribution in [2.24, 2.45) is 0 Å². The molecule has 5 nitrogen and oxygen atoms in total. The number of Topliss-reactive ketones (excluding diaryl/α,β-unsaturated/α-hetero) is 1. The van der Waals surface area contributed by atoms with Gasteiger partial charge in [-0.25, -0.2) is 4.39 Å². The fourth-order valence-electron chi connectivity index (χ4n) is 4.00. The molecule has 0 spiro atoms. The quantitative estimate of drug-likeness (QED) is 0.321. The molecule has 0 bridgehead atoms. The fraction of sp³-hybridized carbons (Fsp3) is 0.185. The average Bonchev–Trinajstić information content (AvgIpc) is 3.07. The van der Waals surface area contributed by atoms with Gasteiger partial charge in [-0.2, -0.15) is 0 Å². The lowest BCUT2D eigenvalue weighted by Gasteiger charge is -2.26. The predicted octanol–water partition coefficient (Wildman–Crippen LogP) is 5.47. The van der Waals surface area contributed by atoms with Gasteiger partial charge in [0.05, 0.1) is 18.2 Å². The van der Waals surface area contributed by atoms with Crippen molar-refractivity contribution in [3.8, 4) is 5.75 Å². The van der Waals surface area contributed by atoms with Crippen LogP contribution in [0.15, 0.2) is 72.3 Å². The number of ether oxygens (including phenoxy) is 1. The molecule has 1 atom stereocenters. The van der Waals surface area contributed by atoms with Gasteiger partial charge in [-0.05, 0) is 74.4 Å². The molecule has 33 heavy (non-hydrogen) atoms. The number of aryl methyl sites for hydroxylation is 2. The first-order valence-corrected chi connectivity index (χ1v) is 10.7. The summed E-state index contributed by atoms with van der Waals surface area (Å²) in [7, 11) is 0. The lowest BCUT2D eigenvalue weighted by atomic mass is 9.94. The molecule has 1 aliphatic heterocycles. The Hall–Kier alpha value is -3.93. The number of carbonyl (C=O) groups excluding carboxylic acids is 2. The summed E-state index contributed by atoms with van der Waals surface area (Å²) in [6, 6.07) is 16.7. The molecule has 1 aliphatic rings. The van der Waals surface area contributed by atoms with Crippen LogP contribution >= 0.6 is 0 Å². The van der Waals surface area contributed by atoms with Crippen LogP contribution in [0.1, 0.15) is 35.2 Å². The minimum absolute atomic E-state index is 0.127. The molecule has 1 unspecified atom stereocenters. The molecule has 168 valence electrons. The standard InChI is InChI=1S/C27H24FNO4/c1-4-33-20-13-10-18(11-14-20)25(30)23-24(21-7-5-6-8-22(21)28)29(27(32)26(23)31)19-12-9-16(2)17(3)15-19/h5-15,24,30H,4H2,1-3H3/b25-23+. The van der Waals surface area contributed by atoms with Crippen molar-refractivity contribution in [1.29, 1.82) is 0 Å². The van der Waals surface area contributed by atoms with Crippen molar-refractivity contribution in [2.75, 3.05) is 11.5 Å². The highest BCUT2D eigenvalue weighted by molar-refractivity contribution is 6.51. The summed E-state index contributed by atoms with van der Waals surface area (Å²) in [6.07, 6.45) is 0. The molecule has 1 amide bonds. The number of rotatable bonds is 5.